The van der Waals surface area contributed by atoms with E-state index >= 15 is 0 Å². The maximum absolute atomic E-state index is 14.5. The van der Waals surface area contributed by atoms with Crippen molar-refractivity contribution >= 4 is 34.6 Å². The van der Waals surface area contributed by atoms with E-state index < -0.39 is 35.0 Å². The van der Waals surface area contributed by atoms with Crippen LogP contribution in [0.4, 0.5) is 13.2 Å². The van der Waals surface area contributed by atoms with Crippen LogP contribution in [0, 0.1) is 28.3 Å². The van der Waals surface area contributed by atoms with E-state index in [2.05, 4.69) is 5.32 Å². The molecule has 1 heterocycles. The smallest absolute Gasteiger partial charge is 0.256 e. The topological polar surface area (TPSA) is 100 Å². The first kappa shape index (κ1) is 27.4. The maximum Gasteiger partial charge on any atom is 0.256 e. The lowest BCUT2D eigenvalue weighted by Gasteiger charge is -2.36. The van der Waals surface area contributed by atoms with E-state index in [1.807, 2.05) is 0 Å². The number of aliphatic hydroxyl groups is 1. The number of carbonyl (C=O) groups is 1. The highest BCUT2D eigenvalue weighted by molar-refractivity contribution is 6.37. The molecule has 0 radical (unpaired) electrons. The third-order valence-electron chi connectivity index (χ3n) is 5.98. The molecule has 1 aliphatic rings. The summed E-state index contributed by atoms with van der Waals surface area (Å²) < 4.78 is 42.1. The molecule has 0 spiro atoms. The Kier molecular flexibility index (Phi) is 7.95. The molecule has 1 unspecified atom stereocenters. The summed E-state index contributed by atoms with van der Waals surface area (Å²) in [6.45, 7) is 4.78. The lowest BCUT2D eigenvalue weighted by atomic mass is 9.90. The molecular weight excluding hydrogens is 493 g/mol. The van der Waals surface area contributed by atoms with Crippen molar-refractivity contribution in [3.05, 3.63) is 75.1 Å². The Morgan fingerprint density at radius 1 is 1.14 bits per heavy atom. The SMILES string of the molecule is CN/C(=C1/CCN(C(=O)c2cc(F)cc(C(=N)CC(C)(C)O)c2Cl)C(C)C1=N)c1cc(F)cc(F)c1. The number of hydrogen-bond donors (Lipinski definition) is 4. The zero-order valence-corrected chi connectivity index (χ0v) is 21.2. The molecule has 10 heteroatoms. The molecule has 2 aromatic carbocycles. The van der Waals surface area contributed by atoms with Crippen molar-refractivity contribution in [2.24, 2.45) is 0 Å². The minimum atomic E-state index is -1.23. The van der Waals surface area contributed by atoms with Gasteiger partial charge in [-0.25, -0.2) is 13.2 Å². The van der Waals surface area contributed by atoms with Gasteiger partial charge in [0.1, 0.15) is 17.5 Å². The van der Waals surface area contributed by atoms with E-state index in [9.17, 15) is 23.1 Å². The van der Waals surface area contributed by atoms with Gasteiger partial charge in [0.25, 0.3) is 5.91 Å². The molecule has 0 aromatic heterocycles. The Hall–Kier alpha value is -3.17. The standard InChI is InChI=1S/C26H28ClF3N4O2/c1-13-23(32)18(24(33-4)14-7-15(28)9-16(29)8-14)5-6-34(13)25(35)20-11-17(30)10-19(22(20)27)21(31)12-26(2,3)36/h7-11,13,31-33,36H,5-6,12H2,1-4H3/b24-18-,31-21?,32-23?. The first-order chi connectivity index (χ1) is 16.7. The summed E-state index contributed by atoms with van der Waals surface area (Å²) in [7, 11) is 1.58. The van der Waals surface area contributed by atoms with Gasteiger partial charge >= 0.3 is 0 Å². The van der Waals surface area contributed by atoms with Gasteiger partial charge in [0.05, 0.1) is 27.9 Å². The zero-order chi connectivity index (χ0) is 26.9. The number of carbonyl (C=O) groups excluding carboxylic acids is 1. The molecule has 0 bridgehead atoms. The fourth-order valence-electron chi connectivity index (χ4n) is 4.32. The quantitative estimate of drug-likeness (QED) is 0.395. The molecule has 0 aliphatic carbocycles. The van der Waals surface area contributed by atoms with Gasteiger partial charge in [-0.15, -0.1) is 0 Å². The van der Waals surface area contributed by atoms with Crippen molar-refractivity contribution in [2.75, 3.05) is 13.6 Å². The second-order valence-electron chi connectivity index (χ2n) is 9.38. The van der Waals surface area contributed by atoms with Gasteiger partial charge < -0.3 is 26.1 Å². The Bertz CT molecular complexity index is 1250. The Labute approximate surface area is 212 Å². The molecule has 1 saturated heterocycles. The number of likely N-dealkylation sites (tertiary alicyclic amines) is 1. The fourth-order valence-corrected chi connectivity index (χ4v) is 4.62. The van der Waals surface area contributed by atoms with Crippen LogP contribution >= 0.6 is 11.6 Å². The van der Waals surface area contributed by atoms with Crippen LogP contribution < -0.4 is 5.32 Å². The third kappa shape index (κ3) is 5.79. The van der Waals surface area contributed by atoms with Gasteiger partial charge in [0.15, 0.2) is 0 Å². The van der Waals surface area contributed by atoms with Crippen LogP contribution in [0.3, 0.4) is 0 Å². The van der Waals surface area contributed by atoms with Crippen molar-refractivity contribution in [3.63, 3.8) is 0 Å². The van der Waals surface area contributed by atoms with Gasteiger partial charge in [-0.1, -0.05) is 11.6 Å². The molecule has 2 aromatic rings. The Morgan fingerprint density at radius 2 is 1.69 bits per heavy atom. The van der Waals surface area contributed by atoms with Crippen LogP contribution in [-0.4, -0.2) is 52.6 Å². The van der Waals surface area contributed by atoms with E-state index in [-0.39, 0.29) is 52.5 Å². The molecule has 4 N–H and O–H groups in total. The van der Waals surface area contributed by atoms with Crippen LogP contribution in [0.15, 0.2) is 35.9 Å². The number of nitrogens with one attached hydrogen (secondary N) is 3. The second kappa shape index (κ2) is 10.4. The number of rotatable bonds is 6. The monoisotopic (exact) mass is 520 g/mol. The molecule has 0 saturated carbocycles. The largest absolute Gasteiger partial charge is 0.390 e. The average Bonchev–Trinajstić information content (AvgIpc) is 2.76. The van der Waals surface area contributed by atoms with Crippen molar-refractivity contribution in [1.29, 1.82) is 10.8 Å². The van der Waals surface area contributed by atoms with E-state index in [1.165, 1.54) is 18.7 Å². The Morgan fingerprint density at radius 3 is 2.25 bits per heavy atom. The van der Waals surface area contributed by atoms with Gasteiger partial charge in [0, 0.05) is 54.2 Å². The fraction of sp³-hybridized carbons (Fsp3) is 0.346. The lowest BCUT2D eigenvalue weighted by Crippen LogP contribution is -2.48. The molecule has 192 valence electrons. The average molecular weight is 521 g/mol. The number of halogens is 4. The molecule has 1 atom stereocenters. The van der Waals surface area contributed by atoms with Crippen molar-refractivity contribution in [2.45, 2.75) is 45.3 Å². The summed E-state index contributed by atoms with van der Waals surface area (Å²) >= 11 is 6.43. The highest BCUT2D eigenvalue weighted by Crippen LogP contribution is 2.31. The first-order valence-corrected chi connectivity index (χ1v) is 11.7. The second-order valence-corrected chi connectivity index (χ2v) is 9.76. The summed E-state index contributed by atoms with van der Waals surface area (Å²) in [5, 5.41) is 29.8. The summed E-state index contributed by atoms with van der Waals surface area (Å²) in [6.07, 6.45) is 0.105. The predicted octanol–water partition coefficient (Wildman–Crippen LogP) is 5.17. The van der Waals surface area contributed by atoms with Gasteiger partial charge in [-0.2, -0.15) is 0 Å². The van der Waals surface area contributed by atoms with Crippen molar-refractivity contribution < 1.29 is 23.1 Å². The lowest BCUT2D eigenvalue weighted by molar-refractivity contribution is 0.0728. The minimum absolute atomic E-state index is 0.00747. The molecule has 36 heavy (non-hydrogen) atoms. The molecule has 1 amide bonds. The zero-order valence-electron chi connectivity index (χ0n) is 20.4. The Balaban J connectivity index is 1.95. The molecule has 6 nitrogen and oxygen atoms in total. The third-order valence-corrected chi connectivity index (χ3v) is 6.39. The van der Waals surface area contributed by atoms with Crippen LogP contribution in [-0.2, 0) is 0 Å². The molecular formula is C26H28ClF3N4O2. The van der Waals surface area contributed by atoms with Gasteiger partial charge in [-0.05, 0) is 51.5 Å². The highest BCUT2D eigenvalue weighted by Gasteiger charge is 2.34. The van der Waals surface area contributed by atoms with Crippen LogP contribution in [0.2, 0.25) is 5.02 Å². The van der Waals surface area contributed by atoms with Gasteiger partial charge in [-0.3, -0.25) is 4.79 Å². The number of amides is 1. The molecule has 1 aliphatic heterocycles. The van der Waals surface area contributed by atoms with E-state index in [0.29, 0.717) is 11.3 Å². The van der Waals surface area contributed by atoms with Crippen LogP contribution in [0.5, 0.6) is 0 Å². The normalized spacial score (nSPS) is 17.8. The first-order valence-electron chi connectivity index (χ1n) is 11.3. The number of piperidine rings is 1. The van der Waals surface area contributed by atoms with Crippen LogP contribution in [0.1, 0.15) is 55.1 Å². The van der Waals surface area contributed by atoms with Crippen molar-refractivity contribution in [3.8, 4) is 0 Å². The highest BCUT2D eigenvalue weighted by atomic mass is 35.5. The number of benzene rings is 2. The predicted molar refractivity (Wildman–Crippen MR) is 134 cm³/mol. The van der Waals surface area contributed by atoms with Crippen molar-refractivity contribution in [1.82, 2.24) is 10.2 Å². The molecule has 1 fully saturated rings. The number of hydrogen-bond acceptors (Lipinski definition) is 5. The molecule has 3 rings (SSSR count). The summed E-state index contributed by atoms with van der Waals surface area (Å²) in [5.74, 6) is -2.88. The van der Waals surface area contributed by atoms with Gasteiger partial charge in [0.2, 0.25) is 0 Å². The minimum Gasteiger partial charge on any atom is -0.390 e. The number of nitrogens with zero attached hydrogens (tertiary/aromatic N) is 1. The maximum atomic E-state index is 14.5. The van der Waals surface area contributed by atoms with E-state index in [1.54, 1.807) is 14.0 Å². The summed E-state index contributed by atoms with van der Waals surface area (Å²) in [5.41, 5.74) is -0.317. The van der Waals surface area contributed by atoms with Crippen LogP contribution in [0.25, 0.3) is 5.70 Å². The summed E-state index contributed by atoms with van der Waals surface area (Å²) in [6, 6.07) is 4.37. The van der Waals surface area contributed by atoms with E-state index in [0.717, 1.165) is 30.3 Å². The summed E-state index contributed by atoms with van der Waals surface area (Å²) in [4.78, 5) is 14.8. The van der Waals surface area contributed by atoms with E-state index in [4.69, 9.17) is 22.4 Å².